The number of aliphatic hydroxyl groups excluding tert-OH is 3. The molecule has 0 aromatic carbocycles. The second-order valence-electron chi connectivity index (χ2n) is 7.52. The van der Waals surface area contributed by atoms with Gasteiger partial charge in [-0.05, 0) is 25.7 Å². The van der Waals surface area contributed by atoms with E-state index in [4.69, 9.17) is 4.74 Å². The summed E-state index contributed by atoms with van der Waals surface area (Å²) >= 11 is 0. The van der Waals surface area contributed by atoms with Crippen LogP contribution in [-0.4, -0.2) is 58.8 Å². The number of carbonyl (C=O) groups excluding carboxylic acids is 2. The molecular formula is C21H40O7. The summed E-state index contributed by atoms with van der Waals surface area (Å²) in [5.41, 5.74) is 0. The molecule has 0 aromatic rings. The first-order chi connectivity index (χ1) is 13.3. The van der Waals surface area contributed by atoms with Crippen LogP contribution >= 0.6 is 0 Å². The van der Waals surface area contributed by atoms with Crippen molar-refractivity contribution in [2.45, 2.75) is 115 Å². The summed E-state index contributed by atoms with van der Waals surface area (Å²) in [7, 11) is 1.26. The van der Waals surface area contributed by atoms with Crippen LogP contribution in [0.1, 0.15) is 90.9 Å². The number of hydrogen-bond donors (Lipinski definition) is 3. The summed E-state index contributed by atoms with van der Waals surface area (Å²) in [5.74, 6) is -1.07. The molecule has 0 spiro atoms. The van der Waals surface area contributed by atoms with Gasteiger partial charge in [0.2, 0.25) is 0 Å². The van der Waals surface area contributed by atoms with Crippen LogP contribution in [0.2, 0.25) is 0 Å². The third-order valence-electron chi connectivity index (χ3n) is 4.68. The molecule has 0 aliphatic rings. The first-order valence-electron chi connectivity index (χ1n) is 10.6. The topological polar surface area (TPSA) is 113 Å². The Balaban J connectivity index is 4.44. The van der Waals surface area contributed by atoms with E-state index in [0.29, 0.717) is 12.8 Å². The van der Waals surface area contributed by atoms with Crippen molar-refractivity contribution in [3.63, 3.8) is 0 Å². The first kappa shape index (κ1) is 26.8. The molecule has 0 saturated carbocycles. The van der Waals surface area contributed by atoms with E-state index in [1.165, 1.54) is 7.11 Å². The van der Waals surface area contributed by atoms with Gasteiger partial charge >= 0.3 is 11.9 Å². The van der Waals surface area contributed by atoms with Crippen LogP contribution in [0.4, 0.5) is 0 Å². The van der Waals surface area contributed by atoms with Crippen molar-refractivity contribution in [2.75, 3.05) is 7.11 Å². The van der Waals surface area contributed by atoms with Gasteiger partial charge in [0.1, 0.15) is 6.10 Å². The van der Waals surface area contributed by atoms with Gasteiger partial charge in [-0.1, -0.05) is 46.0 Å². The minimum absolute atomic E-state index is 0.143. The SMILES string of the molecule is CCCCC[C@@H](O)C[C@H](O)CC(=O)O[C@H](CCCCC)C[C@H](O)CC(=O)OC. The van der Waals surface area contributed by atoms with Crippen molar-refractivity contribution in [3.8, 4) is 0 Å². The van der Waals surface area contributed by atoms with Crippen molar-refractivity contribution in [2.24, 2.45) is 0 Å². The maximum atomic E-state index is 12.2. The highest BCUT2D eigenvalue weighted by Crippen LogP contribution is 2.17. The van der Waals surface area contributed by atoms with Gasteiger partial charge in [0.25, 0.3) is 0 Å². The Morgan fingerprint density at radius 1 is 0.750 bits per heavy atom. The van der Waals surface area contributed by atoms with Gasteiger partial charge in [-0.15, -0.1) is 0 Å². The molecule has 0 bridgehead atoms. The van der Waals surface area contributed by atoms with E-state index in [1.54, 1.807) is 0 Å². The molecule has 0 aromatic heterocycles. The van der Waals surface area contributed by atoms with Crippen molar-refractivity contribution in [1.29, 1.82) is 0 Å². The lowest BCUT2D eigenvalue weighted by Crippen LogP contribution is -2.28. The van der Waals surface area contributed by atoms with Crippen LogP contribution in [-0.2, 0) is 19.1 Å². The van der Waals surface area contributed by atoms with Crippen molar-refractivity contribution >= 4 is 11.9 Å². The van der Waals surface area contributed by atoms with Gasteiger partial charge in [0.15, 0.2) is 0 Å². The van der Waals surface area contributed by atoms with E-state index in [0.717, 1.165) is 38.5 Å². The second kappa shape index (κ2) is 16.7. The number of carbonyl (C=O) groups is 2. The Bertz CT molecular complexity index is 414. The van der Waals surface area contributed by atoms with Gasteiger partial charge in [-0.2, -0.15) is 0 Å². The predicted molar refractivity (Wildman–Crippen MR) is 107 cm³/mol. The minimum Gasteiger partial charge on any atom is -0.469 e. The fraction of sp³-hybridized carbons (Fsp3) is 0.905. The molecular weight excluding hydrogens is 364 g/mol. The molecule has 7 nitrogen and oxygen atoms in total. The molecule has 4 atom stereocenters. The molecule has 7 heteroatoms. The Labute approximate surface area is 169 Å². The third-order valence-corrected chi connectivity index (χ3v) is 4.68. The molecule has 0 heterocycles. The highest BCUT2D eigenvalue weighted by molar-refractivity contribution is 5.70. The van der Waals surface area contributed by atoms with Crippen LogP contribution in [0.5, 0.6) is 0 Å². The van der Waals surface area contributed by atoms with Gasteiger partial charge < -0.3 is 24.8 Å². The van der Waals surface area contributed by atoms with E-state index < -0.39 is 36.4 Å². The summed E-state index contributed by atoms with van der Waals surface area (Å²) in [5, 5.41) is 30.0. The fourth-order valence-electron chi connectivity index (χ4n) is 3.08. The van der Waals surface area contributed by atoms with E-state index in [9.17, 15) is 24.9 Å². The number of aliphatic hydroxyl groups is 3. The maximum Gasteiger partial charge on any atom is 0.308 e. The van der Waals surface area contributed by atoms with Crippen molar-refractivity contribution < 1.29 is 34.4 Å². The Kier molecular flexibility index (Phi) is 16.0. The molecule has 0 aliphatic heterocycles. The second-order valence-corrected chi connectivity index (χ2v) is 7.52. The summed E-state index contributed by atoms with van der Waals surface area (Å²) < 4.78 is 9.98. The molecule has 0 saturated heterocycles. The highest BCUT2D eigenvalue weighted by atomic mass is 16.5. The standard InChI is InChI=1S/C21H40O7/c1-4-6-8-10-16(22)12-17(23)15-21(26)28-19(11-9-7-5-2)13-18(24)14-20(25)27-3/h16-19,22-24H,4-15H2,1-3H3/t16-,17+,18+,19-/m1/s1. The average Bonchev–Trinajstić information content (AvgIpc) is 2.61. The van der Waals surface area contributed by atoms with Crippen molar-refractivity contribution in [1.82, 2.24) is 0 Å². The molecule has 166 valence electrons. The molecule has 0 rings (SSSR count). The molecule has 0 unspecified atom stereocenters. The predicted octanol–water partition coefficient (Wildman–Crippen LogP) is 2.87. The van der Waals surface area contributed by atoms with E-state index >= 15 is 0 Å². The van der Waals surface area contributed by atoms with E-state index in [2.05, 4.69) is 18.6 Å². The number of methoxy groups -OCH3 is 1. The minimum atomic E-state index is -0.958. The normalized spacial score (nSPS) is 15.5. The summed E-state index contributed by atoms with van der Waals surface area (Å²) in [4.78, 5) is 23.4. The Hall–Kier alpha value is -1.18. The summed E-state index contributed by atoms with van der Waals surface area (Å²) in [6.07, 6.45) is 3.93. The number of hydrogen-bond acceptors (Lipinski definition) is 7. The quantitative estimate of drug-likeness (QED) is 0.252. The van der Waals surface area contributed by atoms with Crippen LogP contribution < -0.4 is 0 Å². The Morgan fingerprint density at radius 3 is 1.86 bits per heavy atom. The van der Waals surface area contributed by atoms with Gasteiger partial charge in [-0.25, -0.2) is 0 Å². The van der Waals surface area contributed by atoms with Gasteiger partial charge in [0, 0.05) is 6.42 Å². The van der Waals surface area contributed by atoms with Crippen LogP contribution in [0.25, 0.3) is 0 Å². The monoisotopic (exact) mass is 404 g/mol. The molecule has 0 amide bonds. The maximum absolute atomic E-state index is 12.2. The van der Waals surface area contributed by atoms with Crippen LogP contribution in [0.3, 0.4) is 0 Å². The summed E-state index contributed by atoms with van der Waals surface area (Å²) in [6.45, 7) is 4.14. The highest BCUT2D eigenvalue weighted by Gasteiger charge is 2.23. The molecule has 0 fully saturated rings. The number of esters is 2. The molecule has 0 radical (unpaired) electrons. The third kappa shape index (κ3) is 14.8. The lowest BCUT2D eigenvalue weighted by molar-refractivity contribution is -0.153. The molecule has 0 aliphatic carbocycles. The van der Waals surface area contributed by atoms with E-state index in [-0.39, 0.29) is 25.7 Å². The average molecular weight is 405 g/mol. The largest absolute Gasteiger partial charge is 0.469 e. The zero-order chi connectivity index (χ0) is 21.4. The smallest absolute Gasteiger partial charge is 0.308 e. The lowest BCUT2D eigenvalue weighted by atomic mass is 10.0. The van der Waals surface area contributed by atoms with Gasteiger partial charge in [0.05, 0.1) is 38.3 Å². The van der Waals surface area contributed by atoms with E-state index in [1.807, 2.05) is 0 Å². The Morgan fingerprint density at radius 2 is 1.29 bits per heavy atom. The summed E-state index contributed by atoms with van der Waals surface area (Å²) in [6, 6.07) is 0. The zero-order valence-corrected chi connectivity index (χ0v) is 17.8. The van der Waals surface area contributed by atoms with Gasteiger partial charge in [-0.3, -0.25) is 9.59 Å². The zero-order valence-electron chi connectivity index (χ0n) is 17.8. The molecule has 3 N–H and O–H groups in total. The fourth-order valence-corrected chi connectivity index (χ4v) is 3.08. The number of unbranched alkanes of at least 4 members (excludes halogenated alkanes) is 4. The first-order valence-corrected chi connectivity index (χ1v) is 10.6. The van der Waals surface area contributed by atoms with Crippen LogP contribution in [0, 0.1) is 0 Å². The van der Waals surface area contributed by atoms with Crippen LogP contribution in [0.15, 0.2) is 0 Å². The number of ether oxygens (including phenoxy) is 2. The number of rotatable bonds is 17. The molecule has 28 heavy (non-hydrogen) atoms. The lowest BCUT2D eigenvalue weighted by Gasteiger charge is -2.22. The van der Waals surface area contributed by atoms with Crippen molar-refractivity contribution in [3.05, 3.63) is 0 Å².